The Kier molecular flexibility index (Phi) is 4.05. The Morgan fingerprint density at radius 1 is 1.41 bits per heavy atom. The third kappa shape index (κ3) is 3.46. The van der Waals surface area contributed by atoms with Crippen molar-refractivity contribution in [2.75, 3.05) is 12.3 Å². The first kappa shape index (κ1) is 12.4. The molecule has 0 bridgehead atoms. The van der Waals surface area contributed by atoms with E-state index in [1.807, 2.05) is 10.9 Å². The number of anilines is 1. The highest BCUT2D eigenvalue weighted by molar-refractivity contribution is 5.30. The number of ether oxygens (including phenoxy) is 1. The van der Waals surface area contributed by atoms with Crippen LogP contribution in [0, 0.1) is 11.8 Å². The lowest BCUT2D eigenvalue weighted by Gasteiger charge is -2.31. The maximum absolute atomic E-state index is 5.91. The maximum Gasteiger partial charge on any atom is 0.0719 e. The van der Waals surface area contributed by atoms with Crippen LogP contribution < -0.4 is 5.73 Å². The van der Waals surface area contributed by atoms with Crippen molar-refractivity contribution in [3.63, 3.8) is 0 Å². The van der Waals surface area contributed by atoms with E-state index in [4.69, 9.17) is 10.5 Å². The third-order valence-corrected chi connectivity index (χ3v) is 3.88. The van der Waals surface area contributed by atoms with E-state index in [0.29, 0.717) is 11.8 Å². The molecule has 3 unspecified atom stereocenters. The fraction of sp³-hybridized carbons (Fsp3) is 0.769. The predicted octanol–water partition coefficient (Wildman–Crippen LogP) is 2.31. The van der Waals surface area contributed by atoms with E-state index in [9.17, 15) is 0 Å². The van der Waals surface area contributed by atoms with Crippen molar-refractivity contribution in [3.8, 4) is 0 Å². The molecule has 0 aliphatic heterocycles. The molecule has 4 heteroatoms. The molecular weight excluding hydrogens is 214 g/mol. The molecule has 4 nitrogen and oxygen atoms in total. The quantitative estimate of drug-likeness (QED) is 0.874. The van der Waals surface area contributed by atoms with Crippen LogP contribution in [0.1, 0.15) is 33.1 Å². The smallest absolute Gasteiger partial charge is 0.0719 e. The van der Waals surface area contributed by atoms with Crippen molar-refractivity contribution in [2.45, 2.75) is 45.8 Å². The van der Waals surface area contributed by atoms with E-state index in [1.54, 1.807) is 6.20 Å². The summed E-state index contributed by atoms with van der Waals surface area (Å²) in [5.74, 6) is 1.63. The molecule has 96 valence electrons. The zero-order valence-electron chi connectivity index (χ0n) is 10.8. The maximum atomic E-state index is 5.91. The van der Waals surface area contributed by atoms with Crippen molar-refractivity contribution in [1.82, 2.24) is 9.78 Å². The van der Waals surface area contributed by atoms with Crippen LogP contribution in [-0.2, 0) is 11.3 Å². The van der Waals surface area contributed by atoms with Gasteiger partial charge in [-0.3, -0.25) is 4.68 Å². The van der Waals surface area contributed by atoms with Gasteiger partial charge < -0.3 is 10.5 Å². The summed E-state index contributed by atoms with van der Waals surface area (Å²) < 4.78 is 7.75. The predicted molar refractivity (Wildman–Crippen MR) is 68.6 cm³/mol. The van der Waals surface area contributed by atoms with Gasteiger partial charge in [0.1, 0.15) is 0 Å². The minimum Gasteiger partial charge on any atom is -0.396 e. The van der Waals surface area contributed by atoms with E-state index in [0.717, 1.165) is 25.0 Å². The van der Waals surface area contributed by atoms with Crippen LogP contribution in [0.15, 0.2) is 12.4 Å². The number of nitrogen functional groups attached to an aromatic ring is 1. The van der Waals surface area contributed by atoms with Gasteiger partial charge in [0.15, 0.2) is 0 Å². The largest absolute Gasteiger partial charge is 0.396 e. The Morgan fingerprint density at radius 2 is 2.24 bits per heavy atom. The lowest BCUT2D eigenvalue weighted by Crippen LogP contribution is -2.27. The fourth-order valence-corrected chi connectivity index (χ4v) is 2.46. The fourth-order valence-electron chi connectivity index (χ4n) is 2.46. The van der Waals surface area contributed by atoms with Gasteiger partial charge in [0.25, 0.3) is 0 Å². The highest BCUT2D eigenvalue weighted by Crippen LogP contribution is 2.30. The standard InChI is InChI=1S/C13H23N3O/c1-10-3-4-13(7-11(10)2)17-6-5-16-9-12(14)8-15-16/h8-11,13H,3-7,14H2,1-2H3. The van der Waals surface area contributed by atoms with Crippen molar-refractivity contribution in [2.24, 2.45) is 11.8 Å². The molecule has 1 aliphatic rings. The third-order valence-electron chi connectivity index (χ3n) is 3.88. The second-order valence-corrected chi connectivity index (χ2v) is 5.30. The zero-order chi connectivity index (χ0) is 12.3. The van der Waals surface area contributed by atoms with Crippen molar-refractivity contribution >= 4 is 5.69 Å². The summed E-state index contributed by atoms with van der Waals surface area (Å²) in [5.41, 5.74) is 6.32. The number of aromatic nitrogens is 2. The highest BCUT2D eigenvalue weighted by atomic mass is 16.5. The summed E-state index contributed by atoms with van der Waals surface area (Å²) in [5, 5.41) is 4.14. The molecular formula is C13H23N3O. The van der Waals surface area contributed by atoms with E-state index >= 15 is 0 Å². The van der Waals surface area contributed by atoms with Crippen LogP contribution >= 0.6 is 0 Å². The van der Waals surface area contributed by atoms with Gasteiger partial charge in [0.2, 0.25) is 0 Å². The minimum atomic E-state index is 0.439. The van der Waals surface area contributed by atoms with Crippen molar-refractivity contribution in [1.29, 1.82) is 0 Å². The Hall–Kier alpha value is -1.03. The lowest BCUT2D eigenvalue weighted by atomic mass is 9.80. The van der Waals surface area contributed by atoms with Gasteiger partial charge in [0, 0.05) is 6.20 Å². The summed E-state index contributed by atoms with van der Waals surface area (Å²) in [6.07, 6.45) is 7.64. The lowest BCUT2D eigenvalue weighted by molar-refractivity contribution is -0.00169. The van der Waals surface area contributed by atoms with Crippen LogP contribution in [0.2, 0.25) is 0 Å². The molecule has 0 amide bonds. The van der Waals surface area contributed by atoms with Gasteiger partial charge >= 0.3 is 0 Å². The Labute approximate surface area is 103 Å². The number of hydrogen-bond donors (Lipinski definition) is 1. The summed E-state index contributed by atoms with van der Waals surface area (Å²) in [6.45, 7) is 6.19. The van der Waals surface area contributed by atoms with Crippen LogP contribution in [0.25, 0.3) is 0 Å². The number of rotatable bonds is 4. The molecule has 1 saturated carbocycles. The topological polar surface area (TPSA) is 53.1 Å². The first-order valence-electron chi connectivity index (χ1n) is 6.54. The second-order valence-electron chi connectivity index (χ2n) is 5.30. The van der Waals surface area contributed by atoms with Gasteiger partial charge in [-0.1, -0.05) is 13.8 Å². The van der Waals surface area contributed by atoms with Gasteiger partial charge in [-0.25, -0.2) is 0 Å². The van der Waals surface area contributed by atoms with Crippen LogP contribution in [0.5, 0.6) is 0 Å². The molecule has 0 spiro atoms. The first-order chi connectivity index (χ1) is 8.15. The van der Waals surface area contributed by atoms with Crippen molar-refractivity contribution < 1.29 is 4.74 Å². The SMILES string of the molecule is CC1CCC(OCCn2cc(N)cn2)CC1C. The molecule has 1 aromatic heterocycles. The summed E-state index contributed by atoms with van der Waals surface area (Å²) >= 11 is 0. The zero-order valence-corrected chi connectivity index (χ0v) is 10.8. The average molecular weight is 237 g/mol. The molecule has 1 heterocycles. The van der Waals surface area contributed by atoms with Gasteiger partial charge in [-0.15, -0.1) is 0 Å². The average Bonchev–Trinajstić information content (AvgIpc) is 2.70. The molecule has 3 atom stereocenters. The van der Waals surface area contributed by atoms with Crippen LogP contribution in [-0.4, -0.2) is 22.5 Å². The van der Waals surface area contributed by atoms with Crippen molar-refractivity contribution in [3.05, 3.63) is 12.4 Å². The Bertz CT molecular complexity index is 350. The normalized spacial score (nSPS) is 29.4. The summed E-state index contributed by atoms with van der Waals surface area (Å²) in [7, 11) is 0. The Balaban J connectivity index is 1.69. The van der Waals surface area contributed by atoms with Gasteiger partial charge in [-0.2, -0.15) is 5.10 Å². The Morgan fingerprint density at radius 3 is 2.88 bits per heavy atom. The molecule has 0 aromatic carbocycles. The second kappa shape index (κ2) is 5.54. The summed E-state index contributed by atoms with van der Waals surface area (Å²) in [4.78, 5) is 0. The van der Waals surface area contributed by atoms with Gasteiger partial charge in [-0.05, 0) is 31.1 Å². The summed E-state index contributed by atoms with van der Waals surface area (Å²) in [6, 6.07) is 0. The molecule has 17 heavy (non-hydrogen) atoms. The van der Waals surface area contributed by atoms with E-state index in [2.05, 4.69) is 18.9 Å². The first-order valence-corrected chi connectivity index (χ1v) is 6.54. The number of nitrogens with zero attached hydrogens (tertiary/aromatic N) is 2. The van der Waals surface area contributed by atoms with Gasteiger partial charge in [0.05, 0.1) is 31.1 Å². The molecule has 2 N–H and O–H groups in total. The van der Waals surface area contributed by atoms with Crippen LogP contribution in [0.3, 0.4) is 0 Å². The number of nitrogens with two attached hydrogens (primary N) is 1. The molecule has 2 rings (SSSR count). The minimum absolute atomic E-state index is 0.439. The molecule has 0 radical (unpaired) electrons. The molecule has 1 aromatic rings. The molecule has 0 saturated heterocycles. The van der Waals surface area contributed by atoms with E-state index < -0.39 is 0 Å². The molecule has 1 aliphatic carbocycles. The van der Waals surface area contributed by atoms with Crippen LogP contribution in [0.4, 0.5) is 5.69 Å². The van der Waals surface area contributed by atoms with E-state index in [-0.39, 0.29) is 0 Å². The molecule has 1 fully saturated rings. The van der Waals surface area contributed by atoms with E-state index in [1.165, 1.54) is 19.3 Å². The number of hydrogen-bond acceptors (Lipinski definition) is 3. The highest BCUT2D eigenvalue weighted by Gasteiger charge is 2.24. The monoisotopic (exact) mass is 237 g/mol.